The number of sulfonamides is 1. The molecule has 0 bridgehead atoms. The van der Waals surface area contributed by atoms with Crippen LogP contribution in [0.5, 0.6) is 0 Å². The van der Waals surface area contributed by atoms with Crippen LogP contribution in [0, 0.1) is 0 Å². The summed E-state index contributed by atoms with van der Waals surface area (Å²) in [7, 11) is -3.18. The zero-order valence-corrected chi connectivity index (χ0v) is 11.8. The second-order valence-corrected chi connectivity index (χ2v) is 6.66. The van der Waals surface area contributed by atoms with Crippen LogP contribution in [0.4, 0.5) is 0 Å². The molecule has 0 radical (unpaired) electrons. The fraction of sp³-hybridized carbons (Fsp3) is 0.909. The normalized spacial score (nSPS) is 19.8. The van der Waals surface area contributed by atoms with Crippen molar-refractivity contribution in [1.82, 2.24) is 9.21 Å². The van der Waals surface area contributed by atoms with Crippen molar-refractivity contribution in [2.75, 3.05) is 31.9 Å². The number of rotatable bonds is 5. The fourth-order valence-corrected chi connectivity index (χ4v) is 3.54. The monoisotopic (exact) mass is 278 g/mol. The third kappa shape index (κ3) is 3.93. The van der Waals surface area contributed by atoms with Crippen molar-refractivity contribution >= 4 is 15.9 Å². The third-order valence-electron chi connectivity index (χ3n) is 3.06. The molecule has 106 valence electrons. The van der Waals surface area contributed by atoms with Crippen LogP contribution in [0.1, 0.15) is 26.7 Å². The molecular weight excluding hydrogens is 256 g/mol. The average Bonchev–Trinajstić information content (AvgIpc) is 2.35. The summed E-state index contributed by atoms with van der Waals surface area (Å²) in [5.41, 5.74) is 0. The van der Waals surface area contributed by atoms with Gasteiger partial charge in [0.25, 0.3) is 5.91 Å². The largest absolute Gasteiger partial charge is 0.384 e. The van der Waals surface area contributed by atoms with Gasteiger partial charge < -0.3 is 10.0 Å². The minimum atomic E-state index is -3.18. The highest BCUT2D eigenvalue weighted by Crippen LogP contribution is 2.10. The molecule has 1 fully saturated rings. The Morgan fingerprint density at radius 2 is 1.83 bits per heavy atom. The number of hydrogen-bond donors (Lipinski definition) is 1. The van der Waals surface area contributed by atoms with Gasteiger partial charge in [-0.25, -0.2) is 8.42 Å². The van der Waals surface area contributed by atoms with E-state index in [4.69, 9.17) is 0 Å². The molecule has 1 saturated heterocycles. The molecule has 0 aromatic heterocycles. The van der Waals surface area contributed by atoms with Crippen LogP contribution in [-0.2, 0) is 14.8 Å². The molecule has 6 nitrogen and oxygen atoms in total. The number of amides is 1. The lowest BCUT2D eigenvalue weighted by Crippen LogP contribution is -2.52. The predicted octanol–water partition coefficient (Wildman–Crippen LogP) is -0.359. The summed E-state index contributed by atoms with van der Waals surface area (Å²) in [4.78, 5) is 13.0. The zero-order valence-electron chi connectivity index (χ0n) is 11.0. The van der Waals surface area contributed by atoms with Crippen LogP contribution in [0.25, 0.3) is 0 Å². The molecule has 0 spiro atoms. The minimum absolute atomic E-state index is 0.174. The van der Waals surface area contributed by atoms with E-state index in [9.17, 15) is 18.3 Å². The van der Waals surface area contributed by atoms with Gasteiger partial charge >= 0.3 is 0 Å². The van der Waals surface area contributed by atoms with Gasteiger partial charge in [-0.2, -0.15) is 4.31 Å². The van der Waals surface area contributed by atoms with E-state index >= 15 is 0 Å². The summed E-state index contributed by atoms with van der Waals surface area (Å²) >= 11 is 0. The fourth-order valence-electron chi connectivity index (χ4n) is 1.91. The van der Waals surface area contributed by atoms with Crippen molar-refractivity contribution in [2.45, 2.75) is 32.8 Å². The maximum Gasteiger partial charge on any atom is 0.251 e. The predicted molar refractivity (Wildman–Crippen MR) is 68.5 cm³/mol. The van der Waals surface area contributed by atoms with E-state index in [-0.39, 0.29) is 11.7 Å². The lowest BCUT2D eigenvalue weighted by molar-refractivity contribution is -0.140. The van der Waals surface area contributed by atoms with E-state index in [0.717, 1.165) is 6.42 Å². The summed E-state index contributed by atoms with van der Waals surface area (Å²) in [5, 5.41) is 9.19. The van der Waals surface area contributed by atoms with Gasteiger partial charge in [-0.05, 0) is 13.3 Å². The summed E-state index contributed by atoms with van der Waals surface area (Å²) in [6.45, 7) is 4.74. The van der Waals surface area contributed by atoms with Crippen molar-refractivity contribution < 1.29 is 18.3 Å². The number of piperazine rings is 1. The molecule has 0 saturated carbocycles. The van der Waals surface area contributed by atoms with Crippen LogP contribution in [0.3, 0.4) is 0 Å². The molecule has 1 atom stereocenters. The van der Waals surface area contributed by atoms with Crippen LogP contribution in [0.2, 0.25) is 0 Å². The Bertz CT molecular complexity index is 373. The van der Waals surface area contributed by atoms with E-state index in [1.807, 2.05) is 6.92 Å². The Balaban J connectivity index is 2.51. The lowest BCUT2D eigenvalue weighted by Gasteiger charge is -2.34. The van der Waals surface area contributed by atoms with E-state index in [0.29, 0.717) is 32.6 Å². The molecule has 0 aliphatic carbocycles. The summed E-state index contributed by atoms with van der Waals surface area (Å²) in [6.07, 6.45) is 0.489. The number of aliphatic hydroxyl groups is 1. The van der Waals surface area contributed by atoms with Gasteiger partial charge in [0, 0.05) is 26.2 Å². The number of hydrogen-bond acceptors (Lipinski definition) is 4. The van der Waals surface area contributed by atoms with E-state index in [1.165, 1.54) is 16.1 Å². The van der Waals surface area contributed by atoms with Gasteiger partial charge in [0.2, 0.25) is 10.0 Å². The van der Waals surface area contributed by atoms with Crippen molar-refractivity contribution in [3.05, 3.63) is 0 Å². The Hall–Kier alpha value is -0.660. The second-order valence-electron chi connectivity index (χ2n) is 4.57. The molecule has 0 aromatic rings. The SMILES string of the molecule is CCCCS(=O)(=O)N1CCN(C(=O)[C@H](C)O)CC1. The maximum atomic E-state index is 11.9. The molecule has 1 amide bonds. The van der Waals surface area contributed by atoms with Gasteiger partial charge in [-0.15, -0.1) is 0 Å². The zero-order chi connectivity index (χ0) is 13.8. The molecule has 0 unspecified atom stereocenters. The Morgan fingerprint density at radius 1 is 1.28 bits per heavy atom. The van der Waals surface area contributed by atoms with Crippen molar-refractivity contribution in [3.8, 4) is 0 Å². The smallest absolute Gasteiger partial charge is 0.251 e. The molecule has 1 aliphatic heterocycles. The van der Waals surface area contributed by atoms with Crippen LogP contribution >= 0.6 is 0 Å². The summed E-state index contributed by atoms with van der Waals surface area (Å²) in [6, 6.07) is 0. The van der Waals surface area contributed by atoms with Crippen LogP contribution in [-0.4, -0.2) is 66.7 Å². The molecule has 1 heterocycles. The Labute approximate surface area is 109 Å². The van der Waals surface area contributed by atoms with E-state index in [1.54, 1.807) is 0 Å². The molecular formula is C11H22N2O4S. The first-order valence-corrected chi connectivity index (χ1v) is 7.94. The molecule has 18 heavy (non-hydrogen) atoms. The molecule has 1 rings (SSSR count). The molecule has 1 aliphatic rings. The first-order chi connectivity index (χ1) is 8.38. The molecule has 7 heteroatoms. The van der Waals surface area contributed by atoms with E-state index in [2.05, 4.69) is 0 Å². The highest BCUT2D eigenvalue weighted by atomic mass is 32.2. The number of unbranched alkanes of at least 4 members (excludes halogenated alkanes) is 1. The molecule has 0 aromatic carbocycles. The quantitative estimate of drug-likeness (QED) is 0.745. The second kappa shape index (κ2) is 6.49. The van der Waals surface area contributed by atoms with Crippen LogP contribution < -0.4 is 0 Å². The summed E-state index contributed by atoms with van der Waals surface area (Å²) in [5.74, 6) is -0.158. The van der Waals surface area contributed by atoms with Crippen molar-refractivity contribution in [3.63, 3.8) is 0 Å². The standard InChI is InChI=1S/C11H22N2O4S/c1-3-4-9-18(16,17)13-7-5-12(6-8-13)11(15)10(2)14/h10,14H,3-9H2,1-2H3/t10-/m0/s1. The maximum absolute atomic E-state index is 11.9. The van der Waals surface area contributed by atoms with Crippen molar-refractivity contribution in [2.24, 2.45) is 0 Å². The van der Waals surface area contributed by atoms with Crippen molar-refractivity contribution in [1.29, 1.82) is 0 Å². The average molecular weight is 278 g/mol. The number of carbonyl (C=O) groups excluding carboxylic acids is 1. The van der Waals surface area contributed by atoms with Gasteiger partial charge in [-0.1, -0.05) is 13.3 Å². The van der Waals surface area contributed by atoms with Gasteiger partial charge in [0.05, 0.1) is 5.75 Å². The highest BCUT2D eigenvalue weighted by Gasteiger charge is 2.29. The minimum Gasteiger partial charge on any atom is -0.384 e. The first-order valence-electron chi connectivity index (χ1n) is 6.33. The number of carbonyl (C=O) groups is 1. The third-order valence-corrected chi connectivity index (χ3v) is 5.01. The number of aliphatic hydroxyl groups excluding tert-OH is 1. The Morgan fingerprint density at radius 3 is 2.28 bits per heavy atom. The van der Waals surface area contributed by atoms with Crippen LogP contribution in [0.15, 0.2) is 0 Å². The first kappa shape index (κ1) is 15.4. The topological polar surface area (TPSA) is 77.9 Å². The molecule has 1 N–H and O–H groups in total. The number of nitrogens with zero attached hydrogens (tertiary/aromatic N) is 2. The van der Waals surface area contributed by atoms with Gasteiger partial charge in [-0.3, -0.25) is 4.79 Å². The summed E-state index contributed by atoms with van der Waals surface area (Å²) < 4.78 is 25.3. The lowest BCUT2D eigenvalue weighted by atomic mass is 10.3. The van der Waals surface area contributed by atoms with Gasteiger partial charge in [0.1, 0.15) is 6.10 Å². The Kier molecular flexibility index (Phi) is 5.55. The highest BCUT2D eigenvalue weighted by molar-refractivity contribution is 7.89. The van der Waals surface area contributed by atoms with E-state index < -0.39 is 16.1 Å². The van der Waals surface area contributed by atoms with Gasteiger partial charge in [0.15, 0.2) is 0 Å².